The van der Waals surface area contributed by atoms with Gasteiger partial charge in [-0.2, -0.15) is 0 Å². The number of rotatable bonds is 7. The first kappa shape index (κ1) is 53.2. The highest BCUT2D eigenvalue weighted by molar-refractivity contribution is 6.09. The van der Waals surface area contributed by atoms with Gasteiger partial charge in [0.05, 0.1) is 33.4 Å². The molecule has 0 aliphatic heterocycles. The SMILES string of the molecule is CC(C)(C)c1cc(-c2ccc3c(c2)n(-c2cccc(Oc4ccc5c6ccccc6n(-c6cc(C(C)(C)C)ccn6)c5c4)c2)[c-][n+]3-c2c(-c3cc(C(C)(C)C)cc(C(C)(C)C)c3)cccc2C(C)(C)C)cc(C(C)(C)C)c1. The molecule has 0 spiro atoms. The molecule has 5 heteroatoms. The van der Waals surface area contributed by atoms with E-state index in [1.165, 1.54) is 55.5 Å². The van der Waals surface area contributed by atoms with E-state index in [0.29, 0.717) is 0 Å². The van der Waals surface area contributed by atoms with Crippen LogP contribution in [-0.4, -0.2) is 14.1 Å². The minimum Gasteiger partial charge on any atom is -0.458 e. The Bertz CT molecular complexity index is 3830. The summed E-state index contributed by atoms with van der Waals surface area (Å²) in [7, 11) is 0. The molecule has 0 bridgehead atoms. The number of para-hydroxylation sites is 2. The van der Waals surface area contributed by atoms with E-state index in [1.54, 1.807) is 0 Å². The monoisotopic (exact) mass is 1020 g/mol. The number of hydrogen-bond acceptors (Lipinski definition) is 2. The van der Waals surface area contributed by atoms with Crippen LogP contribution in [0.25, 0.3) is 72.3 Å². The van der Waals surface area contributed by atoms with E-state index in [1.807, 2.05) is 6.20 Å². The van der Waals surface area contributed by atoms with Gasteiger partial charge in [0, 0.05) is 23.0 Å². The predicted octanol–water partition coefficient (Wildman–Crippen LogP) is 19.1. The number of aromatic nitrogens is 4. The molecule has 10 aromatic rings. The molecule has 0 amide bonds. The second-order valence-corrected chi connectivity index (χ2v) is 27.8. The zero-order valence-corrected chi connectivity index (χ0v) is 49.2. The lowest BCUT2D eigenvalue weighted by Crippen LogP contribution is -2.34. The summed E-state index contributed by atoms with van der Waals surface area (Å²) in [6.45, 7) is 41.5. The molecule has 394 valence electrons. The largest absolute Gasteiger partial charge is 0.458 e. The van der Waals surface area contributed by atoms with E-state index in [4.69, 9.17) is 9.72 Å². The van der Waals surface area contributed by atoms with Crippen LogP contribution in [0.1, 0.15) is 158 Å². The Morgan fingerprint density at radius 1 is 0.416 bits per heavy atom. The van der Waals surface area contributed by atoms with Crippen LogP contribution in [0.4, 0.5) is 0 Å². The van der Waals surface area contributed by atoms with Crippen molar-refractivity contribution in [2.45, 2.75) is 157 Å². The van der Waals surface area contributed by atoms with Gasteiger partial charge in [0.15, 0.2) is 0 Å². The van der Waals surface area contributed by atoms with Gasteiger partial charge < -0.3 is 4.74 Å². The highest BCUT2D eigenvalue weighted by atomic mass is 16.5. The fraction of sp³-hybridized carbons (Fsp3) is 0.333. The fourth-order valence-electron chi connectivity index (χ4n) is 10.7. The molecule has 7 aromatic carbocycles. The summed E-state index contributed by atoms with van der Waals surface area (Å²) in [6.07, 6.45) is 5.95. The topological polar surface area (TPSA) is 35.9 Å². The van der Waals surface area contributed by atoms with Crippen LogP contribution in [0.15, 0.2) is 158 Å². The van der Waals surface area contributed by atoms with Gasteiger partial charge in [-0.1, -0.05) is 216 Å². The van der Waals surface area contributed by atoms with E-state index < -0.39 is 0 Å². The van der Waals surface area contributed by atoms with Crippen molar-refractivity contribution in [2.75, 3.05) is 0 Å². The summed E-state index contributed by atoms with van der Waals surface area (Å²) < 4.78 is 13.8. The molecular formula is C72H80N4O. The molecule has 0 radical (unpaired) electrons. The molecule has 0 fully saturated rings. The third-order valence-electron chi connectivity index (χ3n) is 15.5. The minimum absolute atomic E-state index is 0.0291. The van der Waals surface area contributed by atoms with Crippen LogP contribution in [-0.2, 0) is 32.5 Å². The van der Waals surface area contributed by atoms with Crippen molar-refractivity contribution in [3.8, 4) is 50.9 Å². The smallest absolute Gasteiger partial charge is 0.269 e. The Morgan fingerprint density at radius 2 is 0.987 bits per heavy atom. The number of benzene rings is 7. The van der Waals surface area contributed by atoms with Gasteiger partial charge in [-0.05, 0) is 143 Å². The summed E-state index contributed by atoms with van der Waals surface area (Å²) in [5.74, 6) is 2.36. The van der Waals surface area contributed by atoms with Crippen molar-refractivity contribution >= 4 is 32.8 Å². The first-order valence-electron chi connectivity index (χ1n) is 27.7. The first-order chi connectivity index (χ1) is 35.9. The van der Waals surface area contributed by atoms with Crippen molar-refractivity contribution in [3.63, 3.8) is 0 Å². The van der Waals surface area contributed by atoms with Crippen molar-refractivity contribution < 1.29 is 9.30 Å². The molecule has 0 N–H and O–H groups in total. The van der Waals surface area contributed by atoms with Gasteiger partial charge in [0.1, 0.15) is 17.3 Å². The van der Waals surface area contributed by atoms with E-state index in [9.17, 15) is 0 Å². The van der Waals surface area contributed by atoms with Crippen LogP contribution < -0.4 is 9.30 Å². The highest BCUT2D eigenvalue weighted by Gasteiger charge is 2.29. The third kappa shape index (κ3) is 10.4. The zero-order valence-electron chi connectivity index (χ0n) is 49.2. The van der Waals surface area contributed by atoms with E-state index in [-0.39, 0.29) is 32.5 Å². The molecule has 5 nitrogen and oxygen atoms in total. The lowest BCUT2D eigenvalue weighted by molar-refractivity contribution is -0.572. The Kier molecular flexibility index (Phi) is 12.9. The number of hydrogen-bond donors (Lipinski definition) is 0. The summed E-state index contributed by atoms with van der Waals surface area (Å²) in [6, 6.07) is 56.1. The normalized spacial score (nSPS) is 13.1. The average molecular weight is 1020 g/mol. The Balaban J connectivity index is 1.19. The molecule has 0 aliphatic carbocycles. The fourth-order valence-corrected chi connectivity index (χ4v) is 10.7. The second kappa shape index (κ2) is 18.7. The van der Waals surface area contributed by atoms with E-state index >= 15 is 0 Å². The first-order valence-corrected chi connectivity index (χ1v) is 27.7. The molecule has 0 aliphatic rings. The van der Waals surface area contributed by atoms with Gasteiger partial charge in [0.25, 0.3) is 6.33 Å². The minimum atomic E-state index is -0.197. The van der Waals surface area contributed by atoms with Crippen LogP contribution in [0.2, 0.25) is 0 Å². The molecule has 0 unspecified atom stereocenters. The number of imidazole rings is 1. The van der Waals surface area contributed by atoms with Crippen LogP contribution >= 0.6 is 0 Å². The molecule has 10 rings (SSSR count). The molecule has 3 heterocycles. The molecular weight excluding hydrogens is 937 g/mol. The van der Waals surface area contributed by atoms with Crippen LogP contribution in [0, 0.1) is 6.33 Å². The third-order valence-corrected chi connectivity index (χ3v) is 15.5. The molecule has 0 saturated carbocycles. The summed E-state index contributed by atoms with van der Waals surface area (Å²) in [5, 5.41) is 2.32. The number of ether oxygens (including phenoxy) is 1. The highest BCUT2D eigenvalue weighted by Crippen LogP contribution is 2.42. The van der Waals surface area contributed by atoms with Crippen molar-refractivity contribution in [2.24, 2.45) is 0 Å². The standard InChI is InChI=1S/C72H80N4O/c1-67(2,3)49-33-34-73-65(42-49)76-61-28-20-19-25-58(61)59-31-30-56(44-63(59)76)77-55-24-21-23-54(43-55)74-45-75(62-32-29-46(39-64(62)74)47-35-50(68(4,5)6)40-51(36-47)69(7,8)9)66-57(26-22-27-60(66)72(16,17)18)48-37-52(70(10,11)12)41-53(38-48)71(13,14)15/h19-44H,1-18H3. The van der Waals surface area contributed by atoms with Crippen molar-refractivity contribution in [1.82, 2.24) is 14.1 Å². The number of fused-ring (bicyclic) bond motifs is 4. The Hall–Kier alpha value is -7.24. The quantitative estimate of drug-likeness (QED) is 0.118. The summed E-state index contributed by atoms with van der Waals surface area (Å²) in [4.78, 5) is 4.94. The molecule has 0 saturated heterocycles. The predicted molar refractivity (Wildman–Crippen MR) is 325 cm³/mol. The van der Waals surface area contributed by atoms with Gasteiger partial charge in [-0.3, -0.25) is 13.7 Å². The Labute approximate surface area is 459 Å². The molecule has 77 heavy (non-hydrogen) atoms. The summed E-state index contributed by atoms with van der Waals surface area (Å²) in [5.41, 5.74) is 18.5. The maximum atomic E-state index is 6.95. The Morgan fingerprint density at radius 3 is 1.60 bits per heavy atom. The maximum Gasteiger partial charge on any atom is 0.269 e. The number of pyridine rings is 1. The molecule has 0 atom stereocenters. The van der Waals surface area contributed by atoms with Gasteiger partial charge in [-0.25, -0.2) is 4.98 Å². The average Bonchev–Trinajstić information content (AvgIpc) is 3.92. The second-order valence-electron chi connectivity index (χ2n) is 27.8. The summed E-state index contributed by atoms with van der Waals surface area (Å²) >= 11 is 0. The van der Waals surface area contributed by atoms with Gasteiger partial charge in [0.2, 0.25) is 0 Å². The van der Waals surface area contributed by atoms with E-state index in [0.717, 1.165) is 61.7 Å². The van der Waals surface area contributed by atoms with Crippen molar-refractivity contribution in [3.05, 3.63) is 198 Å². The zero-order chi connectivity index (χ0) is 55.4. The van der Waals surface area contributed by atoms with Gasteiger partial charge >= 0.3 is 0 Å². The van der Waals surface area contributed by atoms with Crippen LogP contribution in [0.3, 0.4) is 0 Å². The van der Waals surface area contributed by atoms with E-state index in [2.05, 4.69) is 296 Å². The van der Waals surface area contributed by atoms with Crippen molar-refractivity contribution in [1.29, 1.82) is 0 Å². The van der Waals surface area contributed by atoms with Crippen LogP contribution in [0.5, 0.6) is 11.5 Å². The maximum absolute atomic E-state index is 6.95. The lowest BCUT2D eigenvalue weighted by atomic mass is 9.78. The lowest BCUT2D eigenvalue weighted by Gasteiger charge is -2.29. The number of nitrogens with zero attached hydrogens (tertiary/aromatic N) is 4. The van der Waals surface area contributed by atoms with Gasteiger partial charge in [-0.15, -0.1) is 0 Å². The molecule has 3 aromatic heterocycles.